The summed E-state index contributed by atoms with van der Waals surface area (Å²) in [7, 11) is 1.74. The van der Waals surface area contributed by atoms with E-state index in [1.807, 2.05) is 32.9 Å². The van der Waals surface area contributed by atoms with Gasteiger partial charge in [0.15, 0.2) is 0 Å². The maximum Gasteiger partial charge on any atom is 0.303 e. The van der Waals surface area contributed by atoms with Crippen molar-refractivity contribution in [1.29, 1.82) is 0 Å². The second-order valence-electron chi connectivity index (χ2n) is 10.3. The Bertz CT molecular complexity index is 1350. The van der Waals surface area contributed by atoms with E-state index in [1.54, 1.807) is 11.9 Å². The molecule has 0 radical (unpaired) electrons. The highest BCUT2D eigenvalue weighted by Gasteiger charge is 2.49. The molecule has 0 aliphatic carbocycles. The number of nitrogens with one attached hydrogen (secondary N) is 1. The lowest BCUT2D eigenvalue weighted by atomic mass is 9.85. The maximum absolute atomic E-state index is 15.0. The van der Waals surface area contributed by atoms with E-state index in [2.05, 4.69) is 15.3 Å². The van der Waals surface area contributed by atoms with Crippen LogP contribution in [0.4, 0.5) is 24.7 Å². The van der Waals surface area contributed by atoms with Crippen LogP contribution in [-0.2, 0) is 29.0 Å². The van der Waals surface area contributed by atoms with E-state index < -0.39 is 28.3 Å². The van der Waals surface area contributed by atoms with Crippen LogP contribution in [-0.4, -0.2) is 40.2 Å². The number of alkyl halides is 2. The molecule has 1 amide bonds. The van der Waals surface area contributed by atoms with Crippen LogP contribution in [0.25, 0.3) is 10.9 Å². The molecule has 3 aromatic rings. The number of benzene rings is 2. The van der Waals surface area contributed by atoms with Crippen LogP contribution in [0, 0.1) is 5.82 Å². The average Bonchev–Trinajstić information content (AvgIpc) is 2.97. The van der Waals surface area contributed by atoms with Gasteiger partial charge in [0.2, 0.25) is 5.91 Å². The lowest BCUT2D eigenvalue weighted by molar-refractivity contribution is -0.170. The number of hydrogen-bond donors (Lipinski definition) is 2. The van der Waals surface area contributed by atoms with E-state index in [0.717, 1.165) is 36.6 Å². The van der Waals surface area contributed by atoms with Crippen molar-refractivity contribution in [3.05, 3.63) is 58.7 Å². The standard InChI is InChI=1S/C27H31F3N4O2/c1-7-21-32-19-14-20-18(25(2,3)24(35)34(20)6)13-16(19)23(33-21)31-12-11-15-9-8-10-17(22(15)28)27(29,30)26(4,5)36/h8-10,13-14,36H,7,11-12H2,1-6H3,(H,31,32,33). The third kappa shape index (κ3) is 4.09. The third-order valence-electron chi connectivity index (χ3n) is 6.92. The summed E-state index contributed by atoms with van der Waals surface area (Å²) in [5, 5.41) is 13.8. The van der Waals surface area contributed by atoms with E-state index >= 15 is 4.39 Å². The molecule has 2 aromatic carbocycles. The topological polar surface area (TPSA) is 78.4 Å². The van der Waals surface area contributed by atoms with Crippen LogP contribution in [0.2, 0.25) is 0 Å². The van der Waals surface area contributed by atoms with E-state index in [9.17, 15) is 18.7 Å². The molecule has 0 unspecified atom stereocenters. The van der Waals surface area contributed by atoms with Crippen molar-refractivity contribution in [3.8, 4) is 0 Å². The van der Waals surface area contributed by atoms with Gasteiger partial charge in [0.05, 0.1) is 16.5 Å². The summed E-state index contributed by atoms with van der Waals surface area (Å²) >= 11 is 0. The number of anilines is 2. The molecule has 2 N–H and O–H groups in total. The molecular formula is C27H31F3N4O2. The summed E-state index contributed by atoms with van der Waals surface area (Å²) < 4.78 is 44.3. The van der Waals surface area contributed by atoms with Gasteiger partial charge in [-0.1, -0.05) is 19.1 Å². The minimum absolute atomic E-state index is 0.01000. The Morgan fingerprint density at radius 1 is 1.17 bits per heavy atom. The first-order chi connectivity index (χ1) is 16.7. The lowest BCUT2D eigenvalue weighted by Crippen LogP contribution is -2.41. The van der Waals surface area contributed by atoms with Crippen molar-refractivity contribution in [2.75, 3.05) is 23.8 Å². The molecule has 4 rings (SSSR count). The highest BCUT2D eigenvalue weighted by Crippen LogP contribution is 2.43. The molecule has 0 spiro atoms. The number of fused-ring (bicyclic) bond motifs is 2. The van der Waals surface area contributed by atoms with E-state index in [4.69, 9.17) is 0 Å². The third-order valence-corrected chi connectivity index (χ3v) is 6.92. The summed E-state index contributed by atoms with van der Waals surface area (Å²) in [5.41, 5.74) is -1.49. The first-order valence-electron chi connectivity index (χ1n) is 12.0. The molecule has 36 heavy (non-hydrogen) atoms. The molecule has 0 atom stereocenters. The number of halogens is 3. The van der Waals surface area contributed by atoms with Crippen LogP contribution in [0.15, 0.2) is 30.3 Å². The van der Waals surface area contributed by atoms with Gasteiger partial charge in [-0.3, -0.25) is 4.79 Å². The maximum atomic E-state index is 15.0. The molecule has 0 fully saturated rings. The zero-order valence-electron chi connectivity index (χ0n) is 21.3. The van der Waals surface area contributed by atoms with Gasteiger partial charge in [0, 0.05) is 31.1 Å². The van der Waals surface area contributed by atoms with Crippen molar-refractivity contribution in [2.45, 2.75) is 64.4 Å². The van der Waals surface area contributed by atoms with Gasteiger partial charge in [0.1, 0.15) is 23.1 Å². The average molecular weight is 501 g/mol. The largest absolute Gasteiger partial charge is 0.384 e. The minimum atomic E-state index is -3.75. The molecule has 2 heterocycles. The fourth-order valence-electron chi connectivity index (χ4n) is 4.59. The Morgan fingerprint density at radius 2 is 1.86 bits per heavy atom. The summed E-state index contributed by atoms with van der Waals surface area (Å²) in [6, 6.07) is 7.61. The molecule has 192 valence electrons. The lowest BCUT2D eigenvalue weighted by Gasteiger charge is -2.30. The van der Waals surface area contributed by atoms with Gasteiger partial charge in [0.25, 0.3) is 0 Å². The molecule has 1 aromatic heterocycles. The Hall–Kier alpha value is -3.20. The number of aliphatic hydroxyl groups is 1. The zero-order chi connectivity index (χ0) is 26.6. The summed E-state index contributed by atoms with van der Waals surface area (Å²) in [4.78, 5) is 23.6. The van der Waals surface area contributed by atoms with E-state index in [0.29, 0.717) is 23.6 Å². The monoisotopic (exact) mass is 500 g/mol. The van der Waals surface area contributed by atoms with Crippen molar-refractivity contribution in [1.82, 2.24) is 9.97 Å². The zero-order valence-corrected chi connectivity index (χ0v) is 21.3. The number of likely N-dealkylation sites (N-methyl/N-ethyl adjacent to an activating group) is 1. The van der Waals surface area contributed by atoms with Crippen molar-refractivity contribution in [3.63, 3.8) is 0 Å². The molecule has 1 aliphatic rings. The fourth-order valence-corrected chi connectivity index (χ4v) is 4.59. The summed E-state index contributed by atoms with van der Waals surface area (Å²) in [6.07, 6.45) is 0.705. The first kappa shape index (κ1) is 25.9. The number of rotatable bonds is 7. The number of aromatic nitrogens is 2. The van der Waals surface area contributed by atoms with Gasteiger partial charge >= 0.3 is 5.92 Å². The molecule has 6 nitrogen and oxygen atoms in total. The Kier molecular flexibility index (Phi) is 6.27. The Morgan fingerprint density at radius 3 is 2.50 bits per heavy atom. The van der Waals surface area contributed by atoms with E-state index in [1.165, 1.54) is 12.1 Å². The van der Waals surface area contributed by atoms with Crippen LogP contribution in [0.1, 0.15) is 57.1 Å². The highest BCUT2D eigenvalue weighted by molar-refractivity contribution is 6.10. The normalized spacial score (nSPS) is 15.5. The Balaban J connectivity index is 1.66. The van der Waals surface area contributed by atoms with Crippen LogP contribution in [0.3, 0.4) is 0 Å². The molecule has 0 saturated carbocycles. The number of carbonyl (C=O) groups is 1. The number of hydrogen-bond acceptors (Lipinski definition) is 5. The second-order valence-corrected chi connectivity index (χ2v) is 10.3. The number of amides is 1. The van der Waals surface area contributed by atoms with Crippen molar-refractivity contribution >= 4 is 28.3 Å². The number of aryl methyl sites for hydroxylation is 1. The van der Waals surface area contributed by atoms with Crippen molar-refractivity contribution < 1.29 is 23.1 Å². The van der Waals surface area contributed by atoms with Crippen molar-refractivity contribution in [2.24, 2.45) is 0 Å². The summed E-state index contributed by atoms with van der Waals surface area (Å²) in [6.45, 7) is 7.81. The van der Waals surface area contributed by atoms with Crippen LogP contribution < -0.4 is 10.2 Å². The minimum Gasteiger partial charge on any atom is -0.384 e. The second kappa shape index (κ2) is 8.73. The predicted octanol–water partition coefficient (Wildman–Crippen LogP) is 5.10. The van der Waals surface area contributed by atoms with E-state index in [-0.39, 0.29) is 24.4 Å². The summed E-state index contributed by atoms with van der Waals surface area (Å²) in [5.74, 6) is -3.65. The van der Waals surface area contributed by atoms with Gasteiger partial charge in [-0.15, -0.1) is 0 Å². The fraction of sp³-hybridized carbons (Fsp3) is 0.444. The van der Waals surface area contributed by atoms with Gasteiger partial charge in [-0.25, -0.2) is 14.4 Å². The Labute approximate surface area is 208 Å². The molecule has 0 bridgehead atoms. The van der Waals surface area contributed by atoms with Gasteiger partial charge in [-0.05, 0) is 63.4 Å². The highest BCUT2D eigenvalue weighted by atomic mass is 19.3. The van der Waals surface area contributed by atoms with Gasteiger partial charge in [-0.2, -0.15) is 8.78 Å². The van der Waals surface area contributed by atoms with Gasteiger partial charge < -0.3 is 15.3 Å². The van der Waals surface area contributed by atoms with Crippen LogP contribution in [0.5, 0.6) is 0 Å². The number of nitrogens with zero attached hydrogens (tertiary/aromatic N) is 3. The molecule has 9 heteroatoms. The number of carbonyl (C=O) groups excluding carboxylic acids is 1. The molecule has 1 aliphatic heterocycles. The molecular weight excluding hydrogens is 469 g/mol. The molecule has 0 saturated heterocycles. The quantitative estimate of drug-likeness (QED) is 0.472. The smallest absolute Gasteiger partial charge is 0.303 e. The van der Waals surface area contributed by atoms with Crippen LogP contribution >= 0.6 is 0 Å². The predicted molar refractivity (Wildman–Crippen MR) is 134 cm³/mol. The SMILES string of the molecule is CCc1nc(NCCc2cccc(C(F)(F)C(C)(C)O)c2F)c2cc3c(cc2n1)N(C)C(=O)C3(C)C. The first-order valence-corrected chi connectivity index (χ1v) is 12.0.